The molecule has 0 atom stereocenters. The molecular weight excluding hydrogens is 250 g/mol. The van der Waals surface area contributed by atoms with E-state index in [2.05, 4.69) is 0 Å². The van der Waals surface area contributed by atoms with Crippen LogP contribution in [-0.2, 0) is 4.79 Å². The van der Waals surface area contributed by atoms with Crippen molar-refractivity contribution >= 4 is 11.9 Å². The average molecular weight is 265 g/mol. The van der Waals surface area contributed by atoms with Crippen LogP contribution >= 0.6 is 0 Å². The summed E-state index contributed by atoms with van der Waals surface area (Å²) in [6.45, 7) is 1.01. The number of benzene rings is 1. The van der Waals surface area contributed by atoms with E-state index in [4.69, 9.17) is 14.6 Å². The molecule has 0 saturated heterocycles. The van der Waals surface area contributed by atoms with Crippen LogP contribution in [0.2, 0.25) is 0 Å². The highest BCUT2D eigenvalue weighted by atomic mass is 16.6. The Hall–Kier alpha value is -2.24. The monoisotopic (exact) mass is 265 g/mol. The van der Waals surface area contributed by atoms with Crippen molar-refractivity contribution in [2.24, 2.45) is 0 Å². The maximum atomic E-state index is 12.2. The molecule has 1 aromatic rings. The van der Waals surface area contributed by atoms with Crippen LogP contribution in [-0.4, -0.2) is 48.7 Å². The number of aliphatic carboxylic acids is 1. The van der Waals surface area contributed by atoms with Gasteiger partial charge in [0.2, 0.25) is 0 Å². The van der Waals surface area contributed by atoms with Gasteiger partial charge in [-0.05, 0) is 12.1 Å². The number of carbonyl (C=O) groups excluding carboxylic acids is 1. The van der Waals surface area contributed by atoms with Crippen molar-refractivity contribution in [1.29, 1.82) is 0 Å². The van der Waals surface area contributed by atoms with Gasteiger partial charge in [-0.1, -0.05) is 6.07 Å². The Morgan fingerprint density at radius 1 is 1.32 bits per heavy atom. The van der Waals surface area contributed by atoms with Crippen LogP contribution in [0.5, 0.6) is 11.5 Å². The lowest BCUT2D eigenvalue weighted by molar-refractivity contribution is -0.137. The van der Waals surface area contributed by atoms with Crippen LogP contribution in [0.15, 0.2) is 18.2 Å². The van der Waals surface area contributed by atoms with E-state index in [1.165, 1.54) is 4.90 Å². The number of carbonyl (C=O) groups is 2. The molecule has 6 heteroatoms. The molecule has 102 valence electrons. The fraction of sp³-hybridized carbons (Fsp3) is 0.385. The van der Waals surface area contributed by atoms with E-state index >= 15 is 0 Å². The topological polar surface area (TPSA) is 76.1 Å². The van der Waals surface area contributed by atoms with E-state index in [0.717, 1.165) is 0 Å². The molecule has 1 heterocycles. The lowest BCUT2D eigenvalue weighted by atomic mass is 10.1. The summed E-state index contributed by atoms with van der Waals surface area (Å²) < 4.78 is 10.9. The molecule has 1 amide bonds. The number of para-hydroxylation sites is 1. The molecule has 0 bridgehead atoms. The summed E-state index contributed by atoms with van der Waals surface area (Å²) in [7, 11) is 1.56. The van der Waals surface area contributed by atoms with Crippen LogP contribution in [0.25, 0.3) is 0 Å². The summed E-state index contributed by atoms with van der Waals surface area (Å²) in [6.07, 6.45) is -0.0887. The molecule has 19 heavy (non-hydrogen) atoms. The van der Waals surface area contributed by atoms with Crippen LogP contribution < -0.4 is 9.47 Å². The van der Waals surface area contributed by atoms with Gasteiger partial charge in [-0.15, -0.1) is 0 Å². The van der Waals surface area contributed by atoms with Crippen LogP contribution in [0.3, 0.4) is 0 Å². The second kappa shape index (κ2) is 5.60. The minimum atomic E-state index is -0.936. The van der Waals surface area contributed by atoms with Crippen molar-refractivity contribution in [3.8, 4) is 11.5 Å². The number of fused-ring (bicyclic) bond motifs is 1. The van der Waals surface area contributed by atoms with Gasteiger partial charge in [-0.2, -0.15) is 0 Å². The van der Waals surface area contributed by atoms with Gasteiger partial charge < -0.3 is 19.5 Å². The number of carboxylic acid groups (broad SMARTS) is 1. The molecule has 0 fully saturated rings. The van der Waals surface area contributed by atoms with E-state index in [-0.39, 0.29) is 18.9 Å². The van der Waals surface area contributed by atoms with Crippen molar-refractivity contribution in [3.05, 3.63) is 23.8 Å². The van der Waals surface area contributed by atoms with E-state index in [1.807, 2.05) is 0 Å². The second-order valence-corrected chi connectivity index (χ2v) is 4.20. The Labute approximate surface area is 110 Å². The van der Waals surface area contributed by atoms with E-state index in [1.54, 1.807) is 25.2 Å². The zero-order valence-corrected chi connectivity index (χ0v) is 10.6. The molecule has 6 nitrogen and oxygen atoms in total. The Balaban J connectivity index is 2.17. The van der Waals surface area contributed by atoms with Crippen molar-refractivity contribution in [1.82, 2.24) is 4.90 Å². The summed E-state index contributed by atoms with van der Waals surface area (Å²) in [4.78, 5) is 24.1. The number of ether oxygens (including phenoxy) is 2. The van der Waals surface area contributed by atoms with Gasteiger partial charge in [-0.25, -0.2) is 0 Å². The fourth-order valence-corrected chi connectivity index (χ4v) is 1.81. The molecule has 1 aliphatic rings. The Bertz CT molecular complexity index is 500. The molecule has 0 radical (unpaired) electrons. The molecule has 0 aliphatic carbocycles. The lowest BCUT2D eigenvalue weighted by Gasteiger charge is -2.23. The predicted molar refractivity (Wildman–Crippen MR) is 66.6 cm³/mol. The number of hydrogen-bond donors (Lipinski definition) is 1. The first-order valence-corrected chi connectivity index (χ1v) is 5.95. The normalized spacial score (nSPS) is 12.9. The standard InChI is InChI=1S/C13H15NO5/c1-14(6-5-11(15)16)13(17)9-3-2-4-10-12(9)19-8-7-18-10/h2-4H,5-8H2,1H3,(H,15,16). The minimum absolute atomic E-state index is 0.0887. The van der Waals surface area contributed by atoms with Gasteiger partial charge in [0.15, 0.2) is 11.5 Å². The zero-order valence-electron chi connectivity index (χ0n) is 10.6. The lowest BCUT2D eigenvalue weighted by Crippen LogP contribution is -2.30. The molecular formula is C13H15NO5. The van der Waals surface area contributed by atoms with Crippen LogP contribution in [0, 0.1) is 0 Å². The van der Waals surface area contributed by atoms with Crippen LogP contribution in [0.1, 0.15) is 16.8 Å². The number of hydrogen-bond acceptors (Lipinski definition) is 4. The van der Waals surface area contributed by atoms with Crippen molar-refractivity contribution < 1.29 is 24.2 Å². The average Bonchev–Trinajstić information content (AvgIpc) is 2.43. The van der Waals surface area contributed by atoms with E-state index < -0.39 is 5.97 Å². The predicted octanol–water partition coefficient (Wildman–Crippen LogP) is 1.00. The zero-order chi connectivity index (χ0) is 13.8. The molecule has 1 aliphatic heterocycles. The van der Waals surface area contributed by atoms with Gasteiger partial charge in [0, 0.05) is 13.6 Å². The molecule has 2 rings (SSSR count). The summed E-state index contributed by atoms with van der Waals surface area (Å²) in [6, 6.07) is 5.10. The minimum Gasteiger partial charge on any atom is -0.486 e. The van der Waals surface area contributed by atoms with Crippen molar-refractivity contribution in [2.75, 3.05) is 26.8 Å². The van der Waals surface area contributed by atoms with Gasteiger partial charge in [0.1, 0.15) is 13.2 Å². The molecule has 0 aromatic heterocycles. The quantitative estimate of drug-likeness (QED) is 0.879. The third-order valence-electron chi connectivity index (χ3n) is 2.80. The molecule has 0 saturated carbocycles. The number of carboxylic acids is 1. The first-order chi connectivity index (χ1) is 9.09. The van der Waals surface area contributed by atoms with Gasteiger partial charge in [0.25, 0.3) is 5.91 Å². The number of amides is 1. The largest absolute Gasteiger partial charge is 0.486 e. The Kier molecular flexibility index (Phi) is 3.89. The maximum Gasteiger partial charge on any atom is 0.305 e. The molecule has 0 unspecified atom stereocenters. The number of nitrogens with zero attached hydrogens (tertiary/aromatic N) is 1. The van der Waals surface area contributed by atoms with E-state index in [9.17, 15) is 9.59 Å². The first-order valence-electron chi connectivity index (χ1n) is 5.95. The fourth-order valence-electron chi connectivity index (χ4n) is 1.81. The first kappa shape index (κ1) is 13.2. The summed E-state index contributed by atoms with van der Waals surface area (Å²) in [5.41, 5.74) is 0.394. The molecule has 0 spiro atoms. The van der Waals surface area contributed by atoms with Gasteiger partial charge in [0.05, 0.1) is 12.0 Å². The van der Waals surface area contributed by atoms with Crippen molar-refractivity contribution in [3.63, 3.8) is 0 Å². The molecule has 1 aromatic carbocycles. The highest BCUT2D eigenvalue weighted by Gasteiger charge is 2.22. The third-order valence-corrected chi connectivity index (χ3v) is 2.80. The van der Waals surface area contributed by atoms with E-state index in [0.29, 0.717) is 30.3 Å². The summed E-state index contributed by atoms with van der Waals surface area (Å²) in [5.74, 6) is -0.234. The van der Waals surface area contributed by atoms with Crippen LogP contribution in [0.4, 0.5) is 0 Å². The van der Waals surface area contributed by atoms with Gasteiger partial charge in [-0.3, -0.25) is 9.59 Å². The third kappa shape index (κ3) is 2.96. The summed E-state index contributed by atoms with van der Waals surface area (Å²) >= 11 is 0. The smallest absolute Gasteiger partial charge is 0.305 e. The van der Waals surface area contributed by atoms with Gasteiger partial charge >= 0.3 is 5.97 Å². The maximum absolute atomic E-state index is 12.2. The Morgan fingerprint density at radius 2 is 2.05 bits per heavy atom. The highest BCUT2D eigenvalue weighted by molar-refractivity contribution is 5.97. The highest BCUT2D eigenvalue weighted by Crippen LogP contribution is 2.34. The Morgan fingerprint density at radius 3 is 2.79 bits per heavy atom. The molecule has 1 N–H and O–H groups in total. The second-order valence-electron chi connectivity index (χ2n) is 4.20. The SMILES string of the molecule is CN(CCC(=O)O)C(=O)c1cccc2c1OCCO2. The summed E-state index contributed by atoms with van der Waals surface area (Å²) in [5, 5.41) is 8.62. The van der Waals surface area contributed by atoms with Crippen molar-refractivity contribution in [2.45, 2.75) is 6.42 Å². The number of rotatable bonds is 4.